The molecule has 1 fully saturated rings. The van der Waals surface area contributed by atoms with E-state index in [1.807, 2.05) is 36.2 Å². The van der Waals surface area contributed by atoms with Gasteiger partial charge < -0.3 is 30.0 Å². The number of carbonyl (C=O) groups is 1. The van der Waals surface area contributed by atoms with Crippen LogP contribution in [0.15, 0.2) is 30.3 Å². The number of pyridine rings is 1. The van der Waals surface area contributed by atoms with Gasteiger partial charge in [0, 0.05) is 31.6 Å². The van der Waals surface area contributed by atoms with E-state index < -0.39 is 12.0 Å². The number of aliphatic hydroxyl groups excluding tert-OH is 1. The van der Waals surface area contributed by atoms with E-state index in [-0.39, 0.29) is 17.7 Å². The van der Waals surface area contributed by atoms with Gasteiger partial charge in [0.25, 0.3) is 5.91 Å². The highest BCUT2D eigenvalue weighted by Crippen LogP contribution is 2.39. The molecule has 2 aliphatic heterocycles. The minimum Gasteiger partial charge on any atom is -0.497 e. The second-order valence-corrected chi connectivity index (χ2v) is 7.84. The molecule has 1 aromatic heterocycles. The number of benzene rings is 1. The van der Waals surface area contributed by atoms with Crippen LogP contribution in [0, 0.1) is 5.92 Å². The molecule has 30 heavy (non-hydrogen) atoms. The van der Waals surface area contributed by atoms with Crippen molar-refractivity contribution < 1.29 is 24.1 Å². The van der Waals surface area contributed by atoms with E-state index in [4.69, 9.17) is 19.9 Å². The molecule has 8 heteroatoms. The molecule has 3 heterocycles. The molecule has 0 bridgehead atoms. The third-order valence-electron chi connectivity index (χ3n) is 5.78. The van der Waals surface area contributed by atoms with Crippen LogP contribution in [0.5, 0.6) is 11.5 Å². The SMILES string of the molecule is COc1ccc(Cc2cc(C(N)=O)nc3c2OC(C2CCOCC2O)CN3C)cc1. The Morgan fingerprint density at radius 2 is 2.13 bits per heavy atom. The number of aromatic nitrogens is 1. The van der Waals surface area contributed by atoms with Crippen molar-refractivity contribution in [2.75, 3.05) is 38.8 Å². The minimum atomic E-state index is -0.579. The molecule has 0 aliphatic carbocycles. The van der Waals surface area contributed by atoms with Crippen LogP contribution in [0.3, 0.4) is 0 Å². The van der Waals surface area contributed by atoms with Crippen molar-refractivity contribution in [2.45, 2.75) is 25.0 Å². The maximum absolute atomic E-state index is 11.9. The van der Waals surface area contributed by atoms with Crippen molar-refractivity contribution in [3.8, 4) is 11.5 Å². The van der Waals surface area contributed by atoms with E-state index in [1.54, 1.807) is 13.2 Å². The number of carbonyl (C=O) groups excluding carboxylic acids is 1. The monoisotopic (exact) mass is 413 g/mol. The van der Waals surface area contributed by atoms with Gasteiger partial charge in [0.2, 0.25) is 0 Å². The number of fused-ring (bicyclic) bond motifs is 1. The summed E-state index contributed by atoms with van der Waals surface area (Å²) in [6, 6.07) is 9.43. The first kappa shape index (κ1) is 20.4. The number of rotatable bonds is 5. The third kappa shape index (κ3) is 4.06. The van der Waals surface area contributed by atoms with Gasteiger partial charge in [-0.3, -0.25) is 4.79 Å². The second kappa shape index (κ2) is 8.49. The Morgan fingerprint density at radius 1 is 1.37 bits per heavy atom. The zero-order valence-electron chi connectivity index (χ0n) is 17.2. The lowest BCUT2D eigenvalue weighted by atomic mass is 9.90. The molecule has 2 aliphatic rings. The van der Waals surface area contributed by atoms with Gasteiger partial charge in [-0.25, -0.2) is 4.98 Å². The summed E-state index contributed by atoms with van der Waals surface area (Å²) < 4.78 is 17.0. The molecular formula is C22H27N3O5. The van der Waals surface area contributed by atoms with Crippen LogP contribution in [0.1, 0.15) is 28.0 Å². The zero-order chi connectivity index (χ0) is 21.3. The summed E-state index contributed by atoms with van der Waals surface area (Å²) in [6.45, 7) is 1.49. The molecule has 8 nitrogen and oxygen atoms in total. The van der Waals surface area contributed by atoms with Crippen LogP contribution in [0.2, 0.25) is 0 Å². The Labute approximate surface area is 175 Å². The Bertz CT molecular complexity index is 918. The number of amides is 1. The molecule has 0 radical (unpaired) electrons. The molecule has 2 aromatic rings. The predicted molar refractivity (Wildman–Crippen MR) is 111 cm³/mol. The molecule has 160 valence electrons. The number of aliphatic hydroxyl groups is 1. The zero-order valence-corrected chi connectivity index (χ0v) is 17.2. The minimum absolute atomic E-state index is 0.0287. The summed E-state index contributed by atoms with van der Waals surface area (Å²) in [4.78, 5) is 18.3. The molecule has 4 rings (SSSR count). The average molecular weight is 413 g/mol. The smallest absolute Gasteiger partial charge is 0.267 e. The Hall–Kier alpha value is -2.84. The van der Waals surface area contributed by atoms with Crippen molar-refractivity contribution >= 4 is 11.7 Å². The molecule has 1 aromatic carbocycles. The number of ether oxygens (including phenoxy) is 3. The molecule has 0 saturated carbocycles. The van der Waals surface area contributed by atoms with Crippen molar-refractivity contribution in [2.24, 2.45) is 11.7 Å². The van der Waals surface area contributed by atoms with Crippen molar-refractivity contribution in [3.05, 3.63) is 47.2 Å². The first-order valence-corrected chi connectivity index (χ1v) is 10.1. The Balaban J connectivity index is 1.69. The van der Waals surface area contributed by atoms with Gasteiger partial charge in [0.1, 0.15) is 17.5 Å². The van der Waals surface area contributed by atoms with Gasteiger partial charge in [-0.05, 0) is 30.2 Å². The van der Waals surface area contributed by atoms with E-state index >= 15 is 0 Å². The lowest BCUT2D eigenvalue weighted by Gasteiger charge is -2.40. The van der Waals surface area contributed by atoms with Gasteiger partial charge in [0.15, 0.2) is 11.6 Å². The Morgan fingerprint density at radius 3 is 2.80 bits per heavy atom. The number of likely N-dealkylation sites (N-methyl/N-ethyl adjacent to an activating group) is 1. The highest BCUT2D eigenvalue weighted by Gasteiger charge is 2.38. The predicted octanol–water partition coefficient (Wildman–Crippen LogP) is 1.37. The number of nitrogens with zero attached hydrogens (tertiary/aromatic N) is 2. The van der Waals surface area contributed by atoms with E-state index in [9.17, 15) is 9.90 Å². The van der Waals surface area contributed by atoms with Crippen LogP contribution >= 0.6 is 0 Å². The lowest BCUT2D eigenvalue weighted by molar-refractivity contribution is -0.0771. The van der Waals surface area contributed by atoms with Crippen LogP contribution in [-0.2, 0) is 11.2 Å². The van der Waals surface area contributed by atoms with Crippen molar-refractivity contribution in [3.63, 3.8) is 0 Å². The Kier molecular flexibility index (Phi) is 5.78. The molecule has 3 atom stereocenters. The normalized spacial score (nSPS) is 23.4. The van der Waals surface area contributed by atoms with E-state index in [2.05, 4.69) is 4.98 Å². The van der Waals surface area contributed by atoms with Crippen LogP contribution in [0.4, 0.5) is 5.82 Å². The molecule has 0 spiro atoms. The summed E-state index contributed by atoms with van der Waals surface area (Å²) in [7, 11) is 3.54. The number of anilines is 1. The van der Waals surface area contributed by atoms with E-state index in [0.717, 1.165) is 23.3 Å². The van der Waals surface area contributed by atoms with Crippen LogP contribution in [-0.4, -0.2) is 62.1 Å². The average Bonchev–Trinajstić information content (AvgIpc) is 2.74. The lowest BCUT2D eigenvalue weighted by Crippen LogP contribution is -2.49. The maximum Gasteiger partial charge on any atom is 0.267 e. The number of hydrogen-bond donors (Lipinski definition) is 2. The van der Waals surface area contributed by atoms with Gasteiger partial charge in [-0.1, -0.05) is 12.1 Å². The van der Waals surface area contributed by atoms with Gasteiger partial charge in [0.05, 0.1) is 26.4 Å². The fourth-order valence-electron chi connectivity index (χ4n) is 4.12. The molecule has 1 saturated heterocycles. The first-order chi connectivity index (χ1) is 14.5. The summed E-state index contributed by atoms with van der Waals surface area (Å²) >= 11 is 0. The van der Waals surface area contributed by atoms with E-state index in [0.29, 0.717) is 37.7 Å². The number of nitrogens with two attached hydrogens (primary N) is 1. The maximum atomic E-state index is 11.9. The molecule has 1 amide bonds. The summed E-state index contributed by atoms with van der Waals surface area (Å²) in [5, 5.41) is 10.4. The summed E-state index contributed by atoms with van der Waals surface area (Å²) in [5.41, 5.74) is 7.61. The van der Waals surface area contributed by atoms with Crippen LogP contribution in [0.25, 0.3) is 0 Å². The molecular weight excluding hydrogens is 386 g/mol. The summed E-state index contributed by atoms with van der Waals surface area (Å²) in [5.74, 6) is 1.39. The molecule has 3 unspecified atom stereocenters. The van der Waals surface area contributed by atoms with Gasteiger partial charge in [-0.15, -0.1) is 0 Å². The highest BCUT2D eigenvalue weighted by atomic mass is 16.5. The topological polar surface area (TPSA) is 107 Å². The van der Waals surface area contributed by atoms with E-state index in [1.165, 1.54) is 0 Å². The fraction of sp³-hybridized carbons (Fsp3) is 0.455. The fourth-order valence-corrected chi connectivity index (χ4v) is 4.12. The highest BCUT2D eigenvalue weighted by molar-refractivity contribution is 5.92. The van der Waals surface area contributed by atoms with Crippen LogP contribution < -0.4 is 20.1 Å². The molecule has 3 N–H and O–H groups in total. The van der Waals surface area contributed by atoms with Gasteiger partial charge >= 0.3 is 0 Å². The standard InChI is InChI=1S/C22H27N3O5/c1-25-11-19(16-7-8-29-12-18(16)26)30-20-14(10-17(21(23)27)24-22(20)25)9-13-3-5-15(28-2)6-4-13/h3-6,10,16,18-19,26H,7-9,11-12H2,1-2H3,(H2,23,27). The van der Waals surface area contributed by atoms with Crippen molar-refractivity contribution in [1.82, 2.24) is 4.98 Å². The van der Waals surface area contributed by atoms with Gasteiger partial charge in [-0.2, -0.15) is 0 Å². The quantitative estimate of drug-likeness (QED) is 0.762. The first-order valence-electron chi connectivity index (χ1n) is 10.1. The van der Waals surface area contributed by atoms with Crippen molar-refractivity contribution in [1.29, 1.82) is 0 Å². The summed E-state index contributed by atoms with van der Waals surface area (Å²) in [6.07, 6.45) is 0.514. The largest absolute Gasteiger partial charge is 0.497 e. The number of methoxy groups -OCH3 is 1. The third-order valence-corrected chi connectivity index (χ3v) is 5.78. The second-order valence-electron chi connectivity index (χ2n) is 7.84. The number of primary amides is 1. The number of hydrogen-bond acceptors (Lipinski definition) is 7.